The van der Waals surface area contributed by atoms with Crippen molar-refractivity contribution in [3.8, 4) is 0 Å². The fourth-order valence-corrected chi connectivity index (χ4v) is 5.91. The molecule has 6 nitrogen and oxygen atoms in total. The van der Waals surface area contributed by atoms with Crippen molar-refractivity contribution >= 4 is 15.8 Å². The minimum Gasteiger partial charge on any atom is -0.308 e. The number of likely N-dealkylation sites (N-methyl/N-ethyl adjacent to an activating group) is 1. The lowest BCUT2D eigenvalue weighted by molar-refractivity contribution is 0.0905. The number of hydrogen-bond donors (Lipinski definition) is 1. The second kappa shape index (κ2) is 9.03. The van der Waals surface area contributed by atoms with Gasteiger partial charge >= 0.3 is 0 Å². The maximum Gasteiger partial charge on any atom is 0.243 e. The summed E-state index contributed by atoms with van der Waals surface area (Å²) in [7, 11) is 0.809. The Labute approximate surface area is 169 Å². The Morgan fingerprint density at radius 3 is 2.21 bits per heavy atom. The molecule has 156 valence electrons. The number of rotatable bonds is 8. The van der Waals surface area contributed by atoms with Crippen LogP contribution in [0, 0.1) is 0 Å². The number of nitrogens with zero attached hydrogens (tertiary/aromatic N) is 2. The van der Waals surface area contributed by atoms with Gasteiger partial charge in [-0.2, -0.15) is 4.31 Å². The lowest BCUT2D eigenvalue weighted by Crippen LogP contribution is -2.53. The third-order valence-electron chi connectivity index (χ3n) is 6.35. The molecule has 1 heterocycles. The summed E-state index contributed by atoms with van der Waals surface area (Å²) in [6.07, 6.45) is 7.91. The smallest absolute Gasteiger partial charge is 0.243 e. The van der Waals surface area contributed by atoms with Crippen LogP contribution in [0.15, 0.2) is 29.2 Å². The zero-order chi connectivity index (χ0) is 20.2. The second-order valence-electron chi connectivity index (χ2n) is 8.34. The zero-order valence-corrected chi connectivity index (χ0v) is 17.9. The lowest BCUT2D eigenvalue weighted by Gasteiger charge is -2.43. The monoisotopic (exact) mass is 407 g/mol. The molecule has 1 aliphatic heterocycles. The van der Waals surface area contributed by atoms with Crippen LogP contribution in [0.3, 0.4) is 0 Å². The minimum atomic E-state index is -3.43. The van der Waals surface area contributed by atoms with Crippen LogP contribution in [0.5, 0.6) is 0 Å². The Hall–Kier alpha value is -1.28. The molecule has 0 spiro atoms. The van der Waals surface area contributed by atoms with Gasteiger partial charge in [0.15, 0.2) is 5.78 Å². The number of hydrogen-bond acceptors (Lipinski definition) is 5. The van der Waals surface area contributed by atoms with Gasteiger partial charge in [0.2, 0.25) is 10.0 Å². The molecular formula is C21H33N3O3S. The molecule has 1 aromatic rings. The molecule has 2 fully saturated rings. The third kappa shape index (κ3) is 4.64. The lowest BCUT2D eigenvalue weighted by atomic mass is 9.80. The molecule has 1 aromatic carbocycles. The molecule has 0 amide bonds. The summed E-state index contributed by atoms with van der Waals surface area (Å²) >= 11 is 0. The van der Waals surface area contributed by atoms with Gasteiger partial charge in [-0.1, -0.05) is 31.4 Å². The van der Waals surface area contributed by atoms with Crippen LogP contribution in [-0.4, -0.2) is 69.2 Å². The molecule has 0 atom stereocenters. The van der Waals surface area contributed by atoms with Crippen LogP contribution in [0.25, 0.3) is 0 Å². The van der Waals surface area contributed by atoms with E-state index >= 15 is 0 Å². The summed E-state index contributed by atoms with van der Waals surface area (Å²) in [4.78, 5) is 15.1. The summed E-state index contributed by atoms with van der Waals surface area (Å²) in [6, 6.07) is 6.39. The summed E-state index contributed by atoms with van der Waals surface area (Å²) in [6.45, 7) is 2.24. The van der Waals surface area contributed by atoms with Crippen molar-refractivity contribution in [2.45, 2.75) is 55.4 Å². The van der Waals surface area contributed by atoms with Gasteiger partial charge < -0.3 is 10.2 Å². The molecule has 1 aliphatic carbocycles. The van der Waals surface area contributed by atoms with Gasteiger partial charge in [0.25, 0.3) is 0 Å². The maximum absolute atomic E-state index is 12.6. The average molecular weight is 408 g/mol. The van der Waals surface area contributed by atoms with Crippen molar-refractivity contribution in [2.24, 2.45) is 0 Å². The quantitative estimate of drug-likeness (QED) is 0.671. The van der Waals surface area contributed by atoms with Crippen molar-refractivity contribution in [3.05, 3.63) is 29.8 Å². The van der Waals surface area contributed by atoms with Gasteiger partial charge in [-0.05, 0) is 51.9 Å². The Kier molecular flexibility index (Phi) is 6.91. The zero-order valence-electron chi connectivity index (χ0n) is 17.1. The summed E-state index contributed by atoms with van der Waals surface area (Å²) in [5, 5.41) is 3.35. The highest BCUT2D eigenvalue weighted by Crippen LogP contribution is 2.31. The summed E-state index contributed by atoms with van der Waals surface area (Å²) < 4.78 is 26.7. The van der Waals surface area contributed by atoms with E-state index in [1.54, 1.807) is 24.3 Å². The van der Waals surface area contributed by atoms with Crippen molar-refractivity contribution in [1.82, 2.24) is 14.5 Å². The van der Waals surface area contributed by atoms with E-state index in [0.29, 0.717) is 18.7 Å². The standard InChI is InChI=1S/C21H33N3O3S/c1-23(2)21(12-4-3-5-13-21)17-22-16-20(25)18-8-10-19(11-9-18)28(26,27)24-14-6-7-15-24/h8-11,22H,3-7,12-17H2,1-2H3. The van der Waals surface area contributed by atoms with E-state index in [9.17, 15) is 13.2 Å². The third-order valence-corrected chi connectivity index (χ3v) is 8.26. The van der Waals surface area contributed by atoms with Gasteiger partial charge in [0.05, 0.1) is 11.4 Å². The number of ketones is 1. The molecule has 1 saturated heterocycles. The summed E-state index contributed by atoms with van der Waals surface area (Å²) in [5.74, 6) is -0.00478. The molecule has 0 aromatic heterocycles. The number of nitrogens with one attached hydrogen (secondary N) is 1. The van der Waals surface area contributed by atoms with Gasteiger partial charge in [0.1, 0.15) is 0 Å². The minimum absolute atomic E-state index is 0.00478. The van der Waals surface area contributed by atoms with Gasteiger partial charge in [-0.3, -0.25) is 4.79 Å². The van der Waals surface area contributed by atoms with Crippen LogP contribution in [0.1, 0.15) is 55.3 Å². The van der Waals surface area contributed by atoms with Crippen molar-refractivity contribution in [3.63, 3.8) is 0 Å². The van der Waals surface area contributed by atoms with Gasteiger partial charge in [-0.25, -0.2) is 8.42 Å². The number of carbonyl (C=O) groups excluding carboxylic acids is 1. The first-order valence-corrected chi connectivity index (χ1v) is 11.8. The predicted molar refractivity (Wildman–Crippen MR) is 111 cm³/mol. The van der Waals surface area contributed by atoms with Crippen LogP contribution < -0.4 is 5.32 Å². The van der Waals surface area contributed by atoms with Crippen LogP contribution >= 0.6 is 0 Å². The van der Waals surface area contributed by atoms with E-state index in [1.165, 1.54) is 23.6 Å². The molecule has 3 rings (SSSR count). The van der Waals surface area contributed by atoms with Crippen molar-refractivity contribution in [1.29, 1.82) is 0 Å². The highest BCUT2D eigenvalue weighted by molar-refractivity contribution is 7.89. The molecule has 2 aliphatic rings. The van der Waals surface area contributed by atoms with E-state index in [2.05, 4.69) is 24.3 Å². The van der Waals surface area contributed by atoms with E-state index in [0.717, 1.165) is 32.2 Å². The van der Waals surface area contributed by atoms with Crippen LogP contribution in [-0.2, 0) is 10.0 Å². The van der Waals surface area contributed by atoms with Crippen LogP contribution in [0.2, 0.25) is 0 Å². The van der Waals surface area contributed by atoms with Crippen molar-refractivity contribution in [2.75, 3.05) is 40.3 Å². The molecule has 0 bridgehead atoms. The average Bonchev–Trinajstić information content (AvgIpc) is 3.24. The molecule has 0 unspecified atom stereocenters. The molecule has 28 heavy (non-hydrogen) atoms. The number of benzene rings is 1. The topological polar surface area (TPSA) is 69.7 Å². The molecular weight excluding hydrogens is 374 g/mol. The Morgan fingerprint density at radius 1 is 1.04 bits per heavy atom. The highest BCUT2D eigenvalue weighted by Gasteiger charge is 2.33. The van der Waals surface area contributed by atoms with E-state index in [4.69, 9.17) is 0 Å². The first kappa shape index (κ1) is 21.4. The number of sulfonamides is 1. The first-order chi connectivity index (χ1) is 13.3. The SMILES string of the molecule is CN(C)C1(CNCC(=O)c2ccc(S(=O)(=O)N3CCCC3)cc2)CCCCC1. The van der Waals surface area contributed by atoms with Gasteiger partial charge in [-0.15, -0.1) is 0 Å². The van der Waals surface area contributed by atoms with E-state index < -0.39 is 10.0 Å². The number of carbonyl (C=O) groups is 1. The fraction of sp³-hybridized carbons (Fsp3) is 0.667. The fourth-order valence-electron chi connectivity index (χ4n) is 4.39. The number of Topliss-reactive ketones (excluding diaryl/α,β-unsaturated/α-hetero) is 1. The molecule has 1 N–H and O–H groups in total. The summed E-state index contributed by atoms with van der Waals surface area (Å²) in [5.41, 5.74) is 0.682. The van der Waals surface area contributed by atoms with E-state index in [1.807, 2.05) is 0 Å². The normalized spacial score (nSPS) is 20.5. The first-order valence-electron chi connectivity index (χ1n) is 10.4. The van der Waals surface area contributed by atoms with Gasteiger partial charge in [0, 0.05) is 30.7 Å². The largest absolute Gasteiger partial charge is 0.308 e. The second-order valence-corrected chi connectivity index (χ2v) is 10.3. The Bertz CT molecular complexity index is 763. The molecule has 1 saturated carbocycles. The maximum atomic E-state index is 12.6. The van der Waals surface area contributed by atoms with Crippen LogP contribution in [0.4, 0.5) is 0 Å². The molecule has 0 radical (unpaired) electrons. The Morgan fingerprint density at radius 2 is 1.64 bits per heavy atom. The highest BCUT2D eigenvalue weighted by atomic mass is 32.2. The van der Waals surface area contributed by atoms with Crippen molar-refractivity contribution < 1.29 is 13.2 Å². The Balaban J connectivity index is 1.57. The predicted octanol–water partition coefficient (Wildman–Crippen LogP) is 2.51. The van der Waals surface area contributed by atoms with E-state index in [-0.39, 0.29) is 22.8 Å². The molecule has 7 heteroatoms.